The smallest absolute Gasteiger partial charge is 0.397 e. The van der Waals surface area contributed by atoms with Crippen molar-refractivity contribution in [2.75, 3.05) is 5.73 Å². The van der Waals surface area contributed by atoms with E-state index in [9.17, 15) is 13.2 Å². The van der Waals surface area contributed by atoms with Gasteiger partial charge in [0.2, 0.25) is 0 Å². The van der Waals surface area contributed by atoms with Gasteiger partial charge in [-0.3, -0.25) is 0 Å². The molecule has 3 N–H and O–H groups in total. The molecule has 1 aromatic heterocycles. The summed E-state index contributed by atoms with van der Waals surface area (Å²) >= 11 is 0. The number of anilines is 1. The van der Waals surface area contributed by atoms with Gasteiger partial charge in [0.25, 0.3) is 0 Å². The zero-order chi connectivity index (χ0) is 10.3. The number of aromatic amines is 1. The SMILES string of the molecule is Nc1c[nH]c2cc(C(F)(F)F)ccc12. The van der Waals surface area contributed by atoms with Gasteiger partial charge in [0.1, 0.15) is 0 Å². The number of nitrogens with one attached hydrogen (secondary N) is 1. The largest absolute Gasteiger partial charge is 0.416 e. The fraction of sp³-hybridized carbons (Fsp3) is 0.111. The number of nitrogen functional groups attached to an aromatic ring is 1. The Morgan fingerprint density at radius 2 is 1.93 bits per heavy atom. The highest BCUT2D eigenvalue weighted by molar-refractivity contribution is 5.91. The van der Waals surface area contributed by atoms with Crippen LogP contribution >= 0.6 is 0 Å². The second kappa shape index (κ2) is 2.67. The van der Waals surface area contributed by atoms with E-state index >= 15 is 0 Å². The van der Waals surface area contributed by atoms with Crippen LogP contribution in [0.2, 0.25) is 0 Å². The molecule has 14 heavy (non-hydrogen) atoms. The molecule has 2 aromatic rings. The Balaban J connectivity index is 2.63. The van der Waals surface area contributed by atoms with E-state index in [0.29, 0.717) is 16.6 Å². The lowest BCUT2D eigenvalue weighted by Gasteiger charge is -2.05. The summed E-state index contributed by atoms with van der Waals surface area (Å²) in [5.41, 5.74) is 5.70. The number of hydrogen-bond donors (Lipinski definition) is 2. The summed E-state index contributed by atoms with van der Waals surface area (Å²) < 4.78 is 36.8. The minimum absolute atomic E-state index is 0.400. The molecule has 1 heterocycles. The molecule has 0 atom stereocenters. The van der Waals surface area contributed by atoms with Crippen LogP contribution in [0.25, 0.3) is 10.9 Å². The molecule has 2 rings (SSSR count). The second-order valence-corrected chi connectivity index (χ2v) is 3.00. The van der Waals surface area contributed by atoms with E-state index < -0.39 is 11.7 Å². The van der Waals surface area contributed by atoms with E-state index in [2.05, 4.69) is 4.98 Å². The number of benzene rings is 1. The molecular weight excluding hydrogens is 193 g/mol. The molecule has 0 saturated heterocycles. The first kappa shape index (κ1) is 8.93. The Labute approximate surface area is 77.5 Å². The molecule has 1 aromatic carbocycles. The molecule has 0 aliphatic rings. The van der Waals surface area contributed by atoms with E-state index in [4.69, 9.17) is 5.73 Å². The zero-order valence-electron chi connectivity index (χ0n) is 7.02. The van der Waals surface area contributed by atoms with E-state index in [1.165, 1.54) is 12.3 Å². The van der Waals surface area contributed by atoms with E-state index in [1.807, 2.05) is 0 Å². The third-order valence-electron chi connectivity index (χ3n) is 2.04. The van der Waals surface area contributed by atoms with Crippen molar-refractivity contribution in [1.29, 1.82) is 0 Å². The minimum Gasteiger partial charge on any atom is -0.397 e. The normalized spacial score (nSPS) is 12.2. The Bertz CT molecular complexity index is 470. The van der Waals surface area contributed by atoms with Crippen LogP contribution in [0.15, 0.2) is 24.4 Å². The number of nitrogens with two attached hydrogens (primary N) is 1. The van der Waals surface area contributed by atoms with Crippen LogP contribution < -0.4 is 5.73 Å². The summed E-state index contributed by atoms with van der Waals surface area (Å²) in [6, 6.07) is 3.43. The summed E-state index contributed by atoms with van der Waals surface area (Å²) in [6.07, 6.45) is -2.83. The number of alkyl halides is 3. The molecule has 0 fully saturated rings. The summed E-state index contributed by atoms with van der Waals surface area (Å²) in [4.78, 5) is 2.68. The quantitative estimate of drug-likeness (QED) is 0.674. The van der Waals surface area contributed by atoms with Crippen LogP contribution in [-0.2, 0) is 6.18 Å². The molecule has 2 nitrogen and oxygen atoms in total. The molecule has 0 spiro atoms. The van der Waals surface area contributed by atoms with E-state index in [0.717, 1.165) is 12.1 Å². The van der Waals surface area contributed by atoms with E-state index in [1.54, 1.807) is 0 Å². The summed E-state index contributed by atoms with van der Waals surface area (Å²) in [5, 5.41) is 0.609. The first-order chi connectivity index (χ1) is 6.48. The van der Waals surface area contributed by atoms with Gasteiger partial charge in [0, 0.05) is 17.1 Å². The Morgan fingerprint density at radius 3 is 2.57 bits per heavy atom. The minimum atomic E-state index is -4.31. The molecule has 0 aliphatic heterocycles. The first-order valence-electron chi connectivity index (χ1n) is 3.92. The van der Waals surface area contributed by atoms with Gasteiger partial charge in [-0.2, -0.15) is 13.2 Å². The third kappa shape index (κ3) is 1.30. The Hall–Kier alpha value is -1.65. The maximum Gasteiger partial charge on any atom is 0.416 e. The number of rotatable bonds is 0. The molecule has 5 heteroatoms. The molecule has 0 unspecified atom stereocenters. The molecule has 0 radical (unpaired) electrons. The van der Waals surface area contributed by atoms with Crippen molar-refractivity contribution in [3.05, 3.63) is 30.0 Å². The average molecular weight is 200 g/mol. The van der Waals surface area contributed by atoms with Crippen LogP contribution in [0.1, 0.15) is 5.56 Å². The highest BCUT2D eigenvalue weighted by Gasteiger charge is 2.30. The van der Waals surface area contributed by atoms with Crippen molar-refractivity contribution in [1.82, 2.24) is 4.98 Å². The van der Waals surface area contributed by atoms with Gasteiger partial charge < -0.3 is 10.7 Å². The standard InChI is InChI=1S/C9H7F3N2/c10-9(11,12)5-1-2-6-7(13)4-14-8(6)3-5/h1-4,14H,13H2. The van der Waals surface area contributed by atoms with Crippen molar-refractivity contribution in [2.24, 2.45) is 0 Å². The zero-order valence-corrected chi connectivity index (χ0v) is 7.02. The average Bonchev–Trinajstić information content (AvgIpc) is 2.46. The lowest BCUT2D eigenvalue weighted by atomic mass is 10.1. The van der Waals surface area contributed by atoms with Gasteiger partial charge in [-0.15, -0.1) is 0 Å². The lowest BCUT2D eigenvalue weighted by Crippen LogP contribution is -2.04. The highest BCUT2D eigenvalue weighted by atomic mass is 19.4. The number of halogens is 3. The monoisotopic (exact) mass is 200 g/mol. The maximum absolute atomic E-state index is 12.3. The van der Waals surface area contributed by atoms with Gasteiger partial charge in [-0.05, 0) is 12.1 Å². The maximum atomic E-state index is 12.3. The lowest BCUT2D eigenvalue weighted by molar-refractivity contribution is -0.137. The molecule has 0 bridgehead atoms. The number of H-pyrrole nitrogens is 1. The van der Waals surface area contributed by atoms with Crippen molar-refractivity contribution in [3.63, 3.8) is 0 Å². The summed E-state index contributed by atoms with van der Waals surface area (Å²) in [6.45, 7) is 0. The highest BCUT2D eigenvalue weighted by Crippen LogP contribution is 2.32. The second-order valence-electron chi connectivity index (χ2n) is 3.00. The van der Waals surface area contributed by atoms with E-state index in [-0.39, 0.29) is 0 Å². The first-order valence-corrected chi connectivity index (χ1v) is 3.92. The van der Waals surface area contributed by atoms with Crippen molar-refractivity contribution in [2.45, 2.75) is 6.18 Å². The third-order valence-corrected chi connectivity index (χ3v) is 2.04. The van der Waals surface area contributed by atoms with Crippen LogP contribution in [0.4, 0.5) is 18.9 Å². The molecule has 0 aliphatic carbocycles. The summed E-state index contributed by atoms with van der Waals surface area (Å²) in [7, 11) is 0. The molecule has 74 valence electrons. The van der Waals surface area contributed by atoms with Crippen LogP contribution in [0, 0.1) is 0 Å². The topological polar surface area (TPSA) is 41.8 Å². The van der Waals surface area contributed by atoms with Gasteiger partial charge >= 0.3 is 6.18 Å². The molecule has 0 amide bonds. The Kier molecular flexibility index (Phi) is 1.70. The summed E-state index contributed by atoms with van der Waals surface area (Å²) in [5.74, 6) is 0. The van der Waals surface area contributed by atoms with Gasteiger partial charge in [0.05, 0.1) is 11.3 Å². The number of hydrogen-bond acceptors (Lipinski definition) is 1. The van der Waals surface area contributed by atoms with Gasteiger partial charge in [0.15, 0.2) is 0 Å². The predicted molar refractivity (Wildman–Crippen MR) is 47.7 cm³/mol. The van der Waals surface area contributed by atoms with Crippen LogP contribution in [0.3, 0.4) is 0 Å². The fourth-order valence-corrected chi connectivity index (χ4v) is 1.32. The molecular formula is C9H7F3N2. The van der Waals surface area contributed by atoms with Crippen LogP contribution in [0.5, 0.6) is 0 Å². The number of aromatic nitrogens is 1. The molecule has 0 saturated carbocycles. The number of fused-ring (bicyclic) bond motifs is 1. The van der Waals surface area contributed by atoms with Gasteiger partial charge in [-0.1, -0.05) is 6.07 Å². The van der Waals surface area contributed by atoms with Crippen LogP contribution in [-0.4, -0.2) is 4.98 Å². The van der Waals surface area contributed by atoms with Gasteiger partial charge in [-0.25, -0.2) is 0 Å². The van der Waals surface area contributed by atoms with Crippen molar-refractivity contribution < 1.29 is 13.2 Å². The Morgan fingerprint density at radius 1 is 1.21 bits per heavy atom. The van der Waals surface area contributed by atoms with Crippen molar-refractivity contribution in [3.8, 4) is 0 Å². The van der Waals surface area contributed by atoms with Crippen molar-refractivity contribution >= 4 is 16.6 Å². The predicted octanol–water partition coefficient (Wildman–Crippen LogP) is 2.77. The fourth-order valence-electron chi connectivity index (χ4n) is 1.32.